The molecule has 6 nitrogen and oxygen atoms in total. The van der Waals surface area contributed by atoms with E-state index < -0.39 is 10.3 Å². The van der Waals surface area contributed by atoms with Gasteiger partial charge in [-0.1, -0.05) is 36.4 Å². The number of pyridine rings is 1. The second-order valence-electron chi connectivity index (χ2n) is 7.03. The summed E-state index contributed by atoms with van der Waals surface area (Å²) in [5.41, 5.74) is 3.26. The van der Waals surface area contributed by atoms with E-state index in [0.29, 0.717) is 12.3 Å². The topological polar surface area (TPSA) is 85.5 Å². The highest BCUT2D eigenvalue weighted by Gasteiger charge is 2.23. The number of fused-ring (bicyclic) bond motifs is 2. The molecule has 0 aliphatic carbocycles. The number of para-hydroxylation sites is 2. The first kappa shape index (κ1) is 18.2. The molecule has 1 saturated heterocycles. The third kappa shape index (κ3) is 4.05. The zero-order valence-electron chi connectivity index (χ0n) is 15.0. The average molecular weight is 385 g/mol. The first-order chi connectivity index (χ1) is 13.0. The molecule has 1 aliphatic heterocycles. The van der Waals surface area contributed by atoms with E-state index in [-0.39, 0.29) is 6.61 Å². The van der Waals surface area contributed by atoms with Gasteiger partial charge in [-0.25, -0.2) is 10.1 Å². The van der Waals surface area contributed by atoms with Crippen LogP contribution in [0.15, 0.2) is 48.5 Å². The van der Waals surface area contributed by atoms with Gasteiger partial charge in [-0.2, -0.15) is 8.42 Å². The molecule has 0 radical (unpaired) electrons. The highest BCUT2D eigenvalue weighted by atomic mass is 32.2. The molecule has 0 unspecified atom stereocenters. The molecule has 2 aromatic carbocycles. The van der Waals surface area contributed by atoms with Crippen LogP contribution in [-0.4, -0.2) is 33.1 Å². The molecule has 2 heterocycles. The van der Waals surface area contributed by atoms with Crippen LogP contribution in [0.25, 0.3) is 21.8 Å². The fraction of sp³-hybridized carbons (Fsp3) is 0.350. The zero-order chi connectivity index (χ0) is 18.9. The lowest BCUT2D eigenvalue weighted by molar-refractivity contribution is 0.263. The van der Waals surface area contributed by atoms with E-state index in [1.165, 1.54) is 16.5 Å². The Morgan fingerprint density at radius 3 is 2.11 bits per heavy atom. The SMILES string of the molecule is NS(=O)(=O)OCCC1CCN(c2c3ccccc3nc3ccccc23)CC1. The Kier molecular flexibility index (Phi) is 4.99. The summed E-state index contributed by atoms with van der Waals surface area (Å²) in [4.78, 5) is 7.23. The fourth-order valence-electron chi connectivity index (χ4n) is 3.93. The van der Waals surface area contributed by atoms with Crippen molar-refractivity contribution in [2.75, 3.05) is 24.6 Å². The van der Waals surface area contributed by atoms with Crippen molar-refractivity contribution in [2.45, 2.75) is 19.3 Å². The number of nitrogens with zero attached hydrogens (tertiary/aromatic N) is 2. The summed E-state index contributed by atoms with van der Waals surface area (Å²) in [5, 5.41) is 7.24. The van der Waals surface area contributed by atoms with E-state index in [9.17, 15) is 8.42 Å². The first-order valence-corrected chi connectivity index (χ1v) is 10.7. The van der Waals surface area contributed by atoms with Crippen LogP contribution in [0.3, 0.4) is 0 Å². The van der Waals surface area contributed by atoms with Crippen LogP contribution in [0.4, 0.5) is 5.69 Å². The van der Waals surface area contributed by atoms with Crippen molar-refractivity contribution >= 4 is 37.8 Å². The van der Waals surface area contributed by atoms with Crippen molar-refractivity contribution in [1.29, 1.82) is 0 Å². The molecular weight excluding hydrogens is 362 g/mol. The summed E-state index contributed by atoms with van der Waals surface area (Å²) < 4.78 is 26.5. The molecule has 27 heavy (non-hydrogen) atoms. The molecule has 0 saturated carbocycles. The summed E-state index contributed by atoms with van der Waals surface area (Å²) in [6.45, 7) is 2.01. The largest absolute Gasteiger partial charge is 0.370 e. The number of piperidine rings is 1. The predicted octanol–water partition coefficient (Wildman–Crippen LogP) is 3.21. The van der Waals surface area contributed by atoms with E-state index in [1.54, 1.807) is 0 Å². The van der Waals surface area contributed by atoms with Crippen molar-refractivity contribution in [3.05, 3.63) is 48.5 Å². The van der Waals surface area contributed by atoms with Gasteiger partial charge in [0.1, 0.15) is 0 Å². The molecule has 142 valence electrons. The maximum atomic E-state index is 10.9. The molecule has 1 aliphatic rings. The van der Waals surface area contributed by atoms with Gasteiger partial charge in [-0.05, 0) is 37.3 Å². The fourth-order valence-corrected chi connectivity index (χ4v) is 4.26. The Bertz CT molecular complexity index is 1010. The van der Waals surface area contributed by atoms with Crippen molar-refractivity contribution in [1.82, 2.24) is 4.98 Å². The van der Waals surface area contributed by atoms with Crippen molar-refractivity contribution in [3.63, 3.8) is 0 Å². The molecule has 2 N–H and O–H groups in total. The van der Waals surface area contributed by atoms with Gasteiger partial charge in [0.2, 0.25) is 0 Å². The van der Waals surface area contributed by atoms with Crippen molar-refractivity contribution in [3.8, 4) is 0 Å². The molecular formula is C20H23N3O3S. The van der Waals surface area contributed by atoms with Gasteiger partial charge < -0.3 is 4.90 Å². The molecule has 0 amide bonds. The minimum Gasteiger partial charge on any atom is -0.370 e. The lowest BCUT2D eigenvalue weighted by Crippen LogP contribution is -2.34. The Balaban J connectivity index is 1.56. The third-order valence-corrected chi connectivity index (χ3v) is 5.76. The monoisotopic (exact) mass is 385 g/mol. The van der Waals surface area contributed by atoms with Crippen LogP contribution in [0.2, 0.25) is 0 Å². The highest BCUT2D eigenvalue weighted by molar-refractivity contribution is 7.84. The van der Waals surface area contributed by atoms with Gasteiger partial charge in [-0.15, -0.1) is 0 Å². The maximum Gasteiger partial charge on any atom is 0.333 e. The molecule has 0 spiro atoms. The predicted molar refractivity (Wildman–Crippen MR) is 108 cm³/mol. The van der Waals surface area contributed by atoms with Gasteiger partial charge >= 0.3 is 10.3 Å². The number of hydrogen-bond donors (Lipinski definition) is 1. The van der Waals surface area contributed by atoms with Gasteiger partial charge in [0.05, 0.1) is 23.3 Å². The molecule has 0 bridgehead atoms. The lowest BCUT2D eigenvalue weighted by atomic mass is 9.93. The number of rotatable bonds is 5. The minimum absolute atomic E-state index is 0.157. The number of hydrogen-bond acceptors (Lipinski definition) is 5. The van der Waals surface area contributed by atoms with E-state index in [4.69, 9.17) is 10.1 Å². The summed E-state index contributed by atoms with van der Waals surface area (Å²) in [6, 6.07) is 16.5. The van der Waals surface area contributed by atoms with Crippen LogP contribution in [0, 0.1) is 5.92 Å². The van der Waals surface area contributed by atoms with Crippen LogP contribution < -0.4 is 10.0 Å². The van der Waals surface area contributed by atoms with E-state index in [1.807, 2.05) is 12.1 Å². The number of benzene rings is 2. The van der Waals surface area contributed by atoms with Crippen molar-refractivity contribution in [2.24, 2.45) is 11.1 Å². The number of nitrogens with two attached hydrogens (primary N) is 1. The summed E-state index contributed by atoms with van der Waals surface area (Å²) in [7, 11) is -3.84. The normalized spacial score (nSPS) is 16.3. The van der Waals surface area contributed by atoms with E-state index in [2.05, 4.69) is 45.5 Å². The van der Waals surface area contributed by atoms with Crippen LogP contribution in [-0.2, 0) is 14.5 Å². The molecule has 1 fully saturated rings. The smallest absolute Gasteiger partial charge is 0.333 e. The van der Waals surface area contributed by atoms with Gasteiger partial charge in [-0.3, -0.25) is 4.18 Å². The quantitative estimate of drug-likeness (QED) is 0.682. The molecule has 7 heteroatoms. The summed E-state index contributed by atoms with van der Waals surface area (Å²) >= 11 is 0. The van der Waals surface area contributed by atoms with Gasteiger partial charge in [0.25, 0.3) is 0 Å². The minimum atomic E-state index is -3.84. The molecule has 1 aromatic heterocycles. The van der Waals surface area contributed by atoms with Crippen LogP contribution in [0.1, 0.15) is 19.3 Å². The second-order valence-corrected chi connectivity index (χ2v) is 8.25. The van der Waals surface area contributed by atoms with E-state index >= 15 is 0 Å². The zero-order valence-corrected chi connectivity index (χ0v) is 15.9. The summed E-state index contributed by atoms with van der Waals surface area (Å²) in [5.74, 6) is 0.447. The third-order valence-electron chi connectivity index (χ3n) is 5.26. The summed E-state index contributed by atoms with van der Waals surface area (Å²) in [6.07, 6.45) is 2.71. The van der Waals surface area contributed by atoms with Gasteiger partial charge in [0.15, 0.2) is 0 Å². The second kappa shape index (κ2) is 7.42. The highest BCUT2D eigenvalue weighted by Crippen LogP contribution is 2.36. The standard InChI is InChI=1S/C20H23N3O3S/c21-27(24,25)26-14-11-15-9-12-23(13-10-15)20-16-5-1-3-7-18(16)22-19-8-4-2-6-17(19)20/h1-8,15H,9-14H2,(H2,21,24,25). The van der Waals surface area contributed by atoms with Crippen molar-refractivity contribution < 1.29 is 12.6 Å². The van der Waals surface area contributed by atoms with Gasteiger partial charge in [0, 0.05) is 23.9 Å². The average Bonchev–Trinajstić information content (AvgIpc) is 2.66. The number of aromatic nitrogens is 1. The first-order valence-electron chi connectivity index (χ1n) is 9.21. The lowest BCUT2D eigenvalue weighted by Gasteiger charge is -2.35. The maximum absolute atomic E-state index is 10.9. The number of anilines is 1. The Hall–Kier alpha value is -2.22. The Morgan fingerprint density at radius 2 is 1.56 bits per heavy atom. The van der Waals surface area contributed by atoms with Crippen LogP contribution in [0.5, 0.6) is 0 Å². The molecule has 0 atom stereocenters. The Morgan fingerprint density at radius 1 is 1.00 bits per heavy atom. The molecule has 4 rings (SSSR count). The Labute approximate surface area is 159 Å². The molecule has 3 aromatic rings. The van der Waals surface area contributed by atoms with Crippen LogP contribution >= 0.6 is 0 Å². The van der Waals surface area contributed by atoms with E-state index in [0.717, 1.165) is 37.0 Å².